The highest BCUT2D eigenvalue weighted by Crippen LogP contribution is 2.25. The van der Waals surface area contributed by atoms with Gasteiger partial charge in [0.2, 0.25) is 0 Å². The van der Waals surface area contributed by atoms with E-state index in [1.807, 2.05) is 24.3 Å². The van der Waals surface area contributed by atoms with Crippen LogP contribution in [0.15, 0.2) is 72.9 Å². The van der Waals surface area contributed by atoms with Crippen molar-refractivity contribution in [3.8, 4) is 0 Å². The van der Waals surface area contributed by atoms with Crippen LogP contribution in [0.1, 0.15) is 16.8 Å². The Bertz CT molecular complexity index is 776. The molecule has 1 aromatic heterocycles. The fraction of sp³-hybridized carbons (Fsp3) is 0. The Balaban J connectivity index is 2.10. The lowest BCUT2D eigenvalue weighted by Gasteiger charge is -2.08. The van der Waals surface area contributed by atoms with Crippen molar-refractivity contribution in [1.82, 2.24) is 4.98 Å². The third-order valence-corrected chi connectivity index (χ3v) is 3.28. The maximum atomic E-state index is 13.1. The molecule has 0 aliphatic heterocycles. The number of hydrogen-bond acceptors (Lipinski definition) is 1. The van der Waals surface area contributed by atoms with Gasteiger partial charge in [0.1, 0.15) is 11.6 Å². The number of aromatic nitrogens is 1. The Morgan fingerprint density at radius 2 is 1.41 bits per heavy atom. The lowest BCUT2D eigenvalue weighted by molar-refractivity contribution is 0.627. The molecule has 1 heterocycles. The fourth-order valence-corrected chi connectivity index (χ4v) is 2.18. The molecule has 3 heteroatoms. The Labute approximate surface area is 127 Å². The van der Waals surface area contributed by atoms with E-state index in [0.29, 0.717) is 0 Å². The van der Waals surface area contributed by atoms with Gasteiger partial charge in [0.15, 0.2) is 0 Å². The third kappa shape index (κ3) is 3.26. The molecule has 0 saturated heterocycles. The van der Waals surface area contributed by atoms with E-state index >= 15 is 0 Å². The maximum Gasteiger partial charge on any atom is 0.123 e. The molecule has 0 fully saturated rings. The van der Waals surface area contributed by atoms with Gasteiger partial charge < -0.3 is 0 Å². The average molecular weight is 293 g/mol. The van der Waals surface area contributed by atoms with Crippen LogP contribution in [0.4, 0.5) is 8.78 Å². The van der Waals surface area contributed by atoms with E-state index in [-0.39, 0.29) is 11.6 Å². The van der Waals surface area contributed by atoms with Crippen molar-refractivity contribution in [2.45, 2.75) is 0 Å². The van der Waals surface area contributed by atoms with E-state index in [1.54, 1.807) is 30.5 Å². The minimum atomic E-state index is -0.286. The molecule has 0 unspecified atom stereocenters. The highest BCUT2D eigenvalue weighted by Gasteiger charge is 2.07. The molecule has 1 nitrogen and oxygen atoms in total. The van der Waals surface area contributed by atoms with Crippen molar-refractivity contribution in [2.75, 3.05) is 0 Å². The standard InChI is InChI=1S/C19H13F2N/c20-16-8-4-14(5-9-16)13-18(19-3-1-2-12-22-19)15-6-10-17(21)11-7-15/h1-13H. The predicted octanol–water partition coefficient (Wildman–Crippen LogP) is 4.95. The second kappa shape index (κ2) is 6.31. The molecule has 0 amide bonds. The van der Waals surface area contributed by atoms with Crippen molar-refractivity contribution >= 4 is 11.6 Å². The second-order valence-corrected chi connectivity index (χ2v) is 4.83. The molecule has 0 aliphatic carbocycles. The SMILES string of the molecule is Fc1ccc(C=C(c2ccc(F)cc2)c2ccccn2)cc1. The minimum absolute atomic E-state index is 0.279. The lowest BCUT2D eigenvalue weighted by Crippen LogP contribution is -1.92. The molecule has 0 bridgehead atoms. The van der Waals surface area contributed by atoms with Crippen LogP contribution in [-0.4, -0.2) is 4.98 Å². The zero-order valence-electron chi connectivity index (χ0n) is 11.7. The van der Waals surface area contributed by atoms with E-state index in [0.717, 1.165) is 22.4 Å². The van der Waals surface area contributed by atoms with Gasteiger partial charge >= 0.3 is 0 Å². The van der Waals surface area contributed by atoms with Crippen LogP contribution in [0, 0.1) is 11.6 Å². The smallest absolute Gasteiger partial charge is 0.123 e. The Hall–Kier alpha value is -2.81. The molecule has 0 N–H and O–H groups in total. The fourth-order valence-electron chi connectivity index (χ4n) is 2.18. The summed E-state index contributed by atoms with van der Waals surface area (Å²) < 4.78 is 26.2. The summed E-state index contributed by atoms with van der Waals surface area (Å²) >= 11 is 0. The average Bonchev–Trinajstić information content (AvgIpc) is 2.56. The molecule has 0 aliphatic rings. The van der Waals surface area contributed by atoms with Crippen molar-refractivity contribution in [1.29, 1.82) is 0 Å². The first kappa shape index (κ1) is 14.1. The van der Waals surface area contributed by atoms with Gasteiger partial charge in [-0.2, -0.15) is 0 Å². The van der Waals surface area contributed by atoms with Crippen LogP contribution in [0.5, 0.6) is 0 Å². The number of hydrogen-bond donors (Lipinski definition) is 0. The molecule has 0 spiro atoms. The third-order valence-electron chi connectivity index (χ3n) is 3.28. The zero-order valence-corrected chi connectivity index (χ0v) is 11.7. The Morgan fingerprint density at radius 3 is 2.00 bits per heavy atom. The van der Waals surface area contributed by atoms with Crippen molar-refractivity contribution in [3.05, 3.63) is 101 Å². The molecular weight excluding hydrogens is 280 g/mol. The summed E-state index contributed by atoms with van der Waals surface area (Å²) in [5.41, 5.74) is 3.33. The van der Waals surface area contributed by atoms with Gasteiger partial charge in [-0.05, 0) is 53.6 Å². The summed E-state index contributed by atoms with van der Waals surface area (Å²) in [7, 11) is 0. The summed E-state index contributed by atoms with van der Waals surface area (Å²) in [5.74, 6) is -0.566. The molecule has 3 aromatic rings. The first-order chi connectivity index (χ1) is 10.7. The van der Waals surface area contributed by atoms with Crippen LogP contribution in [0.3, 0.4) is 0 Å². The van der Waals surface area contributed by atoms with Gasteiger partial charge in [0, 0.05) is 11.8 Å². The van der Waals surface area contributed by atoms with E-state index in [1.165, 1.54) is 24.3 Å². The maximum absolute atomic E-state index is 13.1. The first-order valence-corrected chi connectivity index (χ1v) is 6.87. The van der Waals surface area contributed by atoms with Gasteiger partial charge in [-0.15, -0.1) is 0 Å². The van der Waals surface area contributed by atoms with E-state index in [9.17, 15) is 8.78 Å². The van der Waals surface area contributed by atoms with Gasteiger partial charge in [-0.25, -0.2) is 8.78 Å². The molecule has 2 aromatic carbocycles. The number of pyridine rings is 1. The normalized spacial score (nSPS) is 11.5. The quantitative estimate of drug-likeness (QED) is 0.623. The summed E-state index contributed by atoms with van der Waals surface area (Å²) in [6.45, 7) is 0. The van der Waals surface area contributed by atoms with E-state index < -0.39 is 0 Å². The number of benzene rings is 2. The highest BCUT2D eigenvalue weighted by molar-refractivity contribution is 5.90. The van der Waals surface area contributed by atoms with Gasteiger partial charge in [0.25, 0.3) is 0 Å². The second-order valence-electron chi connectivity index (χ2n) is 4.83. The van der Waals surface area contributed by atoms with Crippen molar-refractivity contribution in [3.63, 3.8) is 0 Å². The van der Waals surface area contributed by atoms with Crippen LogP contribution >= 0.6 is 0 Å². The molecule has 0 atom stereocenters. The van der Waals surface area contributed by atoms with Crippen molar-refractivity contribution in [2.24, 2.45) is 0 Å². The van der Waals surface area contributed by atoms with Crippen LogP contribution < -0.4 is 0 Å². The van der Waals surface area contributed by atoms with Crippen LogP contribution in [0.2, 0.25) is 0 Å². The van der Waals surface area contributed by atoms with Gasteiger partial charge in [-0.1, -0.05) is 30.3 Å². The summed E-state index contributed by atoms with van der Waals surface area (Å²) in [4.78, 5) is 4.36. The zero-order chi connectivity index (χ0) is 15.4. The Kier molecular flexibility index (Phi) is 4.05. The van der Waals surface area contributed by atoms with E-state index in [2.05, 4.69) is 4.98 Å². The lowest BCUT2D eigenvalue weighted by atomic mass is 9.99. The molecule has 22 heavy (non-hydrogen) atoms. The Morgan fingerprint density at radius 1 is 0.773 bits per heavy atom. The number of rotatable bonds is 3. The monoisotopic (exact) mass is 293 g/mol. The van der Waals surface area contributed by atoms with Crippen LogP contribution in [0.25, 0.3) is 11.6 Å². The molecule has 108 valence electrons. The van der Waals surface area contributed by atoms with E-state index in [4.69, 9.17) is 0 Å². The molecular formula is C19H13F2N. The molecule has 0 saturated carbocycles. The summed E-state index contributed by atoms with van der Waals surface area (Å²) in [5, 5.41) is 0. The number of halogens is 2. The van der Waals surface area contributed by atoms with Crippen LogP contribution in [-0.2, 0) is 0 Å². The first-order valence-electron chi connectivity index (χ1n) is 6.87. The minimum Gasteiger partial charge on any atom is -0.256 e. The number of nitrogens with zero attached hydrogens (tertiary/aromatic N) is 1. The summed E-state index contributed by atoms with van der Waals surface area (Å²) in [6, 6.07) is 18.1. The highest BCUT2D eigenvalue weighted by atomic mass is 19.1. The van der Waals surface area contributed by atoms with Gasteiger partial charge in [0.05, 0.1) is 5.69 Å². The molecule has 3 rings (SSSR count). The van der Waals surface area contributed by atoms with Gasteiger partial charge in [-0.3, -0.25) is 4.98 Å². The summed E-state index contributed by atoms with van der Waals surface area (Å²) in [6.07, 6.45) is 3.62. The predicted molar refractivity (Wildman–Crippen MR) is 84.0 cm³/mol. The van der Waals surface area contributed by atoms with Crippen molar-refractivity contribution < 1.29 is 8.78 Å². The topological polar surface area (TPSA) is 12.9 Å². The molecule has 0 radical (unpaired) electrons. The largest absolute Gasteiger partial charge is 0.256 e.